The molecule has 0 saturated heterocycles. The average Bonchev–Trinajstić information content (AvgIpc) is 1.71. The predicted molar refractivity (Wildman–Crippen MR) is 58.4 cm³/mol. The zero-order chi connectivity index (χ0) is 6.83. The summed E-state index contributed by atoms with van der Waals surface area (Å²) in [7, 11) is 0. The molecule has 8 heavy (non-hydrogen) atoms. The van der Waals surface area contributed by atoms with E-state index in [9.17, 15) is 0 Å². The third-order valence-corrected chi connectivity index (χ3v) is 1.25. The summed E-state index contributed by atoms with van der Waals surface area (Å²) in [6.45, 7) is 4.32. The fourth-order valence-electron chi connectivity index (χ4n) is 0.134. The van der Waals surface area contributed by atoms with Crippen molar-refractivity contribution >= 4 is 45.2 Å². The highest BCUT2D eigenvalue weighted by Gasteiger charge is 1.69. The Bertz CT molecular complexity index is 20.5. The second-order valence-electron chi connectivity index (χ2n) is 1.31. The van der Waals surface area contributed by atoms with Gasteiger partial charge in [-0.25, -0.2) is 0 Å². The van der Waals surface area contributed by atoms with E-state index in [4.69, 9.17) is 0 Å². The number of rotatable bonds is 2. The molecule has 0 atom stereocenters. The highest BCUT2D eigenvalue weighted by atomic mass is 127. The van der Waals surface area contributed by atoms with Crippen LogP contribution in [0.15, 0.2) is 0 Å². The van der Waals surface area contributed by atoms with Crippen LogP contribution in [0, 0.1) is 0 Å². The smallest absolute Gasteiger partial charge is 0.000483 e. The first-order valence-corrected chi connectivity index (χ1v) is 6.00. The molecule has 0 aromatic rings. The normalized spacial score (nSPS) is 7.50. The van der Waals surface area contributed by atoms with E-state index in [-0.39, 0.29) is 0 Å². The lowest BCUT2D eigenvalue weighted by Gasteiger charge is -1.77. The standard InChI is InChI=1S/C4H9I.C2H5I/c1-2-3-4-5;1-2-3/h2-4H2,1H3;2H2,1H3. The Morgan fingerprint density at radius 1 is 1.12 bits per heavy atom. The fraction of sp³-hybridized carbons (Fsp3) is 1.00. The predicted octanol–water partition coefficient (Wildman–Crippen LogP) is 3.66. The van der Waals surface area contributed by atoms with Crippen LogP contribution >= 0.6 is 45.2 Å². The molecule has 0 unspecified atom stereocenters. The second-order valence-corrected chi connectivity index (χ2v) is 3.91. The van der Waals surface area contributed by atoms with Crippen molar-refractivity contribution in [2.75, 3.05) is 8.86 Å². The maximum atomic E-state index is 2.39. The SMILES string of the molecule is CCCCI.CCI. The molecule has 0 aromatic heterocycles. The van der Waals surface area contributed by atoms with Gasteiger partial charge >= 0.3 is 0 Å². The third-order valence-electron chi connectivity index (χ3n) is 0.487. The Kier molecular flexibility index (Phi) is 24.0. The molecule has 2 heteroatoms. The van der Waals surface area contributed by atoms with Crippen molar-refractivity contribution < 1.29 is 0 Å². The molecule has 0 rings (SSSR count). The first-order valence-electron chi connectivity index (χ1n) is 2.95. The summed E-state index contributed by atoms with van der Waals surface area (Å²) in [4.78, 5) is 0. The van der Waals surface area contributed by atoms with E-state index in [1.54, 1.807) is 0 Å². The van der Waals surface area contributed by atoms with Gasteiger partial charge in [0, 0.05) is 0 Å². The molecule has 0 bridgehead atoms. The maximum Gasteiger partial charge on any atom is -0.000483 e. The molecule has 0 saturated carbocycles. The molecule has 0 aromatic carbocycles. The fourth-order valence-corrected chi connectivity index (χ4v) is 0.896. The van der Waals surface area contributed by atoms with Gasteiger partial charge in [0.25, 0.3) is 0 Å². The first kappa shape index (κ1) is 12.2. The summed E-state index contributed by atoms with van der Waals surface area (Å²) in [5.41, 5.74) is 0. The Balaban J connectivity index is 0. The summed E-state index contributed by atoms with van der Waals surface area (Å²) in [5.74, 6) is 0. The quantitative estimate of drug-likeness (QED) is 0.532. The molecule has 0 nitrogen and oxygen atoms in total. The minimum Gasteiger partial charge on any atom is -0.0867 e. The van der Waals surface area contributed by atoms with Crippen molar-refractivity contribution in [2.45, 2.75) is 26.7 Å². The first-order chi connectivity index (χ1) is 3.83. The molecule has 0 aliphatic carbocycles. The zero-order valence-corrected chi connectivity index (χ0v) is 9.90. The molecular weight excluding hydrogens is 326 g/mol. The number of alkyl halides is 2. The van der Waals surface area contributed by atoms with Crippen LogP contribution in [-0.2, 0) is 0 Å². The van der Waals surface area contributed by atoms with Crippen molar-refractivity contribution in [3.05, 3.63) is 0 Å². The molecule has 0 heterocycles. The third kappa shape index (κ3) is 26.0. The van der Waals surface area contributed by atoms with Gasteiger partial charge in [-0.15, -0.1) is 0 Å². The van der Waals surface area contributed by atoms with Crippen molar-refractivity contribution in [1.29, 1.82) is 0 Å². The number of unbranched alkanes of at least 4 members (excludes halogenated alkanes) is 1. The van der Waals surface area contributed by atoms with E-state index in [1.165, 1.54) is 21.7 Å². The van der Waals surface area contributed by atoms with Gasteiger partial charge in [-0.1, -0.05) is 65.5 Å². The summed E-state index contributed by atoms with van der Waals surface area (Å²) in [6, 6.07) is 0. The Morgan fingerprint density at radius 3 is 1.50 bits per heavy atom. The lowest BCUT2D eigenvalue weighted by Crippen LogP contribution is -1.64. The van der Waals surface area contributed by atoms with Gasteiger partial charge < -0.3 is 0 Å². The molecule has 0 N–H and O–H groups in total. The molecule has 0 radical (unpaired) electrons. The van der Waals surface area contributed by atoms with Crippen molar-refractivity contribution in [1.82, 2.24) is 0 Å². The minimum atomic E-state index is 1.22. The van der Waals surface area contributed by atoms with E-state index in [1.807, 2.05) is 0 Å². The van der Waals surface area contributed by atoms with E-state index < -0.39 is 0 Å². The highest BCUT2D eigenvalue weighted by Crippen LogP contribution is 1.90. The Morgan fingerprint density at radius 2 is 1.50 bits per heavy atom. The summed E-state index contributed by atoms with van der Waals surface area (Å²) < 4.78 is 2.53. The molecule has 0 aliphatic heterocycles. The topological polar surface area (TPSA) is 0 Å². The van der Waals surface area contributed by atoms with Crippen LogP contribution in [0.5, 0.6) is 0 Å². The van der Waals surface area contributed by atoms with Crippen LogP contribution in [0.25, 0.3) is 0 Å². The molecule has 0 amide bonds. The van der Waals surface area contributed by atoms with Gasteiger partial charge in [-0.3, -0.25) is 0 Å². The zero-order valence-electron chi connectivity index (χ0n) is 5.58. The van der Waals surface area contributed by atoms with Crippen LogP contribution < -0.4 is 0 Å². The monoisotopic (exact) mass is 340 g/mol. The van der Waals surface area contributed by atoms with Gasteiger partial charge in [0.1, 0.15) is 0 Å². The Labute approximate surface area is 80.1 Å². The van der Waals surface area contributed by atoms with E-state index >= 15 is 0 Å². The van der Waals surface area contributed by atoms with Crippen LogP contribution in [0.1, 0.15) is 26.7 Å². The van der Waals surface area contributed by atoms with E-state index in [0.717, 1.165) is 0 Å². The molecule has 0 fully saturated rings. The van der Waals surface area contributed by atoms with Crippen molar-refractivity contribution in [3.63, 3.8) is 0 Å². The molecular formula is C6H14I2. The highest BCUT2D eigenvalue weighted by molar-refractivity contribution is 14.1. The lowest BCUT2D eigenvalue weighted by molar-refractivity contribution is 0.907. The van der Waals surface area contributed by atoms with Crippen LogP contribution in [0.3, 0.4) is 0 Å². The van der Waals surface area contributed by atoms with Crippen LogP contribution in [0.2, 0.25) is 0 Å². The second kappa shape index (κ2) is 15.8. The van der Waals surface area contributed by atoms with Gasteiger partial charge in [-0.2, -0.15) is 0 Å². The molecule has 0 spiro atoms. The maximum absolute atomic E-state index is 2.39. The molecule has 0 aliphatic rings. The van der Waals surface area contributed by atoms with E-state index in [0.29, 0.717) is 0 Å². The van der Waals surface area contributed by atoms with E-state index in [2.05, 4.69) is 59.0 Å². The van der Waals surface area contributed by atoms with Crippen molar-refractivity contribution in [3.8, 4) is 0 Å². The average molecular weight is 340 g/mol. The largest absolute Gasteiger partial charge is 0.0867 e. The van der Waals surface area contributed by atoms with Gasteiger partial charge in [-0.05, 0) is 15.3 Å². The van der Waals surface area contributed by atoms with Crippen LogP contribution in [-0.4, -0.2) is 8.86 Å². The number of hydrogen-bond donors (Lipinski definition) is 0. The number of halogens is 2. The van der Waals surface area contributed by atoms with Gasteiger partial charge in [0.15, 0.2) is 0 Å². The molecule has 52 valence electrons. The number of hydrogen-bond acceptors (Lipinski definition) is 0. The lowest BCUT2D eigenvalue weighted by atomic mass is 10.4. The van der Waals surface area contributed by atoms with Crippen LogP contribution in [0.4, 0.5) is 0 Å². The van der Waals surface area contributed by atoms with Gasteiger partial charge in [0.05, 0.1) is 0 Å². The summed E-state index contributed by atoms with van der Waals surface area (Å²) >= 11 is 4.68. The van der Waals surface area contributed by atoms with Crippen molar-refractivity contribution in [2.24, 2.45) is 0 Å². The Hall–Kier alpha value is 1.46. The minimum absolute atomic E-state index is 1.22. The summed E-state index contributed by atoms with van der Waals surface area (Å²) in [5, 5.41) is 0. The van der Waals surface area contributed by atoms with Gasteiger partial charge in [0.2, 0.25) is 0 Å². The summed E-state index contributed by atoms with van der Waals surface area (Å²) in [6.07, 6.45) is 2.71.